The maximum absolute atomic E-state index is 12.4. The van der Waals surface area contributed by atoms with Crippen molar-refractivity contribution in [3.05, 3.63) is 29.8 Å². The average Bonchev–Trinajstić information content (AvgIpc) is 2.95. The summed E-state index contributed by atoms with van der Waals surface area (Å²) >= 11 is 0. The summed E-state index contributed by atoms with van der Waals surface area (Å²) in [4.78, 5) is 25.6. The van der Waals surface area contributed by atoms with Gasteiger partial charge in [0, 0.05) is 18.7 Å². The summed E-state index contributed by atoms with van der Waals surface area (Å²) < 4.78 is 10.3. The van der Waals surface area contributed by atoms with Crippen LogP contribution in [0, 0.1) is 5.92 Å². The second kappa shape index (κ2) is 6.61. The largest absolute Gasteiger partial charge is 0.491 e. The van der Waals surface area contributed by atoms with Crippen LogP contribution in [0.15, 0.2) is 24.3 Å². The Labute approximate surface area is 124 Å². The van der Waals surface area contributed by atoms with E-state index in [0.717, 1.165) is 5.75 Å². The van der Waals surface area contributed by atoms with E-state index in [9.17, 15) is 9.59 Å². The topological polar surface area (TPSA) is 55.8 Å². The minimum absolute atomic E-state index is 0.0579. The fraction of sp³-hybridized carbons (Fsp3) is 0.500. The minimum Gasteiger partial charge on any atom is -0.491 e. The first-order valence-electron chi connectivity index (χ1n) is 7.15. The van der Waals surface area contributed by atoms with Crippen LogP contribution in [-0.2, 0) is 9.53 Å². The fourth-order valence-corrected chi connectivity index (χ4v) is 2.43. The molecule has 1 aromatic carbocycles. The van der Waals surface area contributed by atoms with Crippen molar-refractivity contribution in [2.45, 2.75) is 26.4 Å². The molecule has 0 bridgehead atoms. The number of benzene rings is 1. The van der Waals surface area contributed by atoms with Crippen molar-refractivity contribution >= 4 is 11.9 Å². The molecule has 0 aromatic heterocycles. The van der Waals surface area contributed by atoms with Crippen molar-refractivity contribution < 1.29 is 19.1 Å². The van der Waals surface area contributed by atoms with Crippen LogP contribution in [0.3, 0.4) is 0 Å². The molecule has 1 heterocycles. The zero-order valence-corrected chi connectivity index (χ0v) is 12.7. The van der Waals surface area contributed by atoms with Crippen molar-refractivity contribution in [1.82, 2.24) is 4.90 Å². The maximum atomic E-state index is 12.4. The minimum atomic E-state index is -0.244. The first-order chi connectivity index (χ1) is 10.0. The molecule has 5 nitrogen and oxygen atoms in total. The maximum Gasteiger partial charge on any atom is 0.310 e. The molecular weight excluding hydrogens is 270 g/mol. The van der Waals surface area contributed by atoms with Gasteiger partial charge in [0.05, 0.1) is 19.1 Å². The van der Waals surface area contributed by atoms with Crippen LogP contribution >= 0.6 is 0 Å². The van der Waals surface area contributed by atoms with E-state index in [1.165, 1.54) is 7.11 Å². The second-order valence-corrected chi connectivity index (χ2v) is 5.45. The number of hydrogen-bond acceptors (Lipinski definition) is 4. The highest BCUT2D eigenvalue weighted by Gasteiger charge is 2.32. The Balaban J connectivity index is 1.99. The molecule has 0 spiro atoms. The lowest BCUT2D eigenvalue weighted by molar-refractivity contribution is -0.144. The number of likely N-dealkylation sites (tertiary alicyclic amines) is 1. The Kier molecular flexibility index (Phi) is 4.83. The van der Waals surface area contributed by atoms with Gasteiger partial charge >= 0.3 is 5.97 Å². The Bertz CT molecular complexity index is 510. The van der Waals surface area contributed by atoms with Crippen LogP contribution in [0.1, 0.15) is 30.6 Å². The van der Waals surface area contributed by atoms with Crippen LogP contribution in [-0.4, -0.2) is 43.1 Å². The zero-order valence-electron chi connectivity index (χ0n) is 12.7. The third-order valence-corrected chi connectivity index (χ3v) is 3.48. The van der Waals surface area contributed by atoms with Crippen molar-refractivity contribution in [3.63, 3.8) is 0 Å². The van der Waals surface area contributed by atoms with E-state index in [1.807, 2.05) is 13.8 Å². The van der Waals surface area contributed by atoms with Crippen LogP contribution < -0.4 is 4.74 Å². The monoisotopic (exact) mass is 291 g/mol. The first kappa shape index (κ1) is 15.4. The van der Waals surface area contributed by atoms with Gasteiger partial charge in [0.15, 0.2) is 0 Å². The molecule has 1 atom stereocenters. The molecule has 1 aliphatic heterocycles. The normalized spacial score (nSPS) is 17.9. The number of carbonyl (C=O) groups excluding carboxylic acids is 2. The Morgan fingerprint density at radius 1 is 1.24 bits per heavy atom. The molecule has 1 fully saturated rings. The molecule has 0 N–H and O–H groups in total. The highest BCUT2D eigenvalue weighted by atomic mass is 16.5. The number of hydrogen-bond donors (Lipinski definition) is 0. The highest BCUT2D eigenvalue weighted by Crippen LogP contribution is 2.21. The lowest BCUT2D eigenvalue weighted by atomic mass is 10.1. The van der Waals surface area contributed by atoms with Gasteiger partial charge in [-0.05, 0) is 44.5 Å². The number of ether oxygens (including phenoxy) is 2. The molecule has 0 radical (unpaired) electrons. The van der Waals surface area contributed by atoms with Gasteiger partial charge in [-0.1, -0.05) is 0 Å². The second-order valence-electron chi connectivity index (χ2n) is 5.45. The number of nitrogens with zero attached hydrogens (tertiary/aromatic N) is 1. The molecule has 114 valence electrons. The number of amides is 1. The van der Waals surface area contributed by atoms with Gasteiger partial charge < -0.3 is 14.4 Å². The summed E-state index contributed by atoms with van der Waals surface area (Å²) in [5.74, 6) is 0.237. The summed E-state index contributed by atoms with van der Waals surface area (Å²) in [5, 5.41) is 0. The van der Waals surface area contributed by atoms with Gasteiger partial charge in [0.1, 0.15) is 5.75 Å². The van der Waals surface area contributed by atoms with Gasteiger partial charge in [0.25, 0.3) is 5.91 Å². The first-order valence-corrected chi connectivity index (χ1v) is 7.15. The van der Waals surface area contributed by atoms with E-state index in [1.54, 1.807) is 29.2 Å². The molecule has 1 saturated heterocycles. The summed E-state index contributed by atoms with van der Waals surface area (Å²) in [6.45, 7) is 4.92. The van der Waals surface area contributed by atoms with Gasteiger partial charge in [-0.15, -0.1) is 0 Å². The van der Waals surface area contributed by atoms with Crippen LogP contribution in [0.25, 0.3) is 0 Å². The van der Waals surface area contributed by atoms with E-state index in [2.05, 4.69) is 0 Å². The lowest BCUT2D eigenvalue weighted by Crippen LogP contribution is -2.30. The molecule has 0 saturated carbocycles. The molecule has 5 heteroatoms. The lowest BCUT2D eigenvalue weighted by Gasteiger charge is -2.16. The number of rotatable bonds is 4. The number of carbonyl (C=O) groups is 2. The Hall–Kier alpha value is -2.04. The predicted molar refractivity (Wildman–Crippen MR) is 78.2 cm³/mol. The summed E-state index contributed by atoms with van der Waals surface area (Å²) in [7, 11) is 1.38. The van der Waals surface area contributed by atoms with Gasteiger partial charge in [-0.25, -0.2) is 0 Å². The predicted octanol–water partition coefficient (Wildman–Crippen LogP) is 2.11. The van der Waals surface area contributed by atoms with Crippen LogP contribution in [0.4, 0.5) is 0 Å². The van der Waals surface area contributed by atoms with Crippen LogP contribution in [0.2, 0.25) is 0 Å². The molecule has 0 aliphatic carbocycles. The standard InChI is InChI=1S/C16H21NO4/c1-11(2)21-14-6-4-12(5-7-14)15(18)17-9-8-13(10-17)16(19)20-3/h4-7,11,13H,8-10H2,1-3H3. The molecule has 1 aliphatic rings. The van der Waals surface area contributed by atoms with Crippen molar-refractivity contribution in [2.24, 2.45) is 5.92 Å². The third kappa shape index (κ3) is 3.74. The quantitative estimate of drug-likeness (QED) is 0.797. The molecule has 1 amide bonds. The van der Waals surface area contributed by atoms with Gasteiger partial charge in [0.2, 0.25) is 0 Å². The highest BCUT2D eigenvalue weighted by molar-refractivity contribution is 5.95. The number of esters is 1. The SMILES string of the molecule is COC(=O)C1CCN(C(=O)c2ccc(OC(C)C)cc2)C1. The molecule has 21 heavy (non-hydrogen) atoms. The Morgan fingerprint density at radius 2 is 1.90 bits per heavy atom. The van der Waals surface area contributed by atoms with Crippen molar-refractivity contribution in [1.29, 1.82) is 0 Å². The average molecular weight is 291 g/mol. The van der Waals surface area contributed by atoms with Crippen LogP contribution in [0.5, 0.6) is 5.75 Å². The van der Waals surface area contributed by atoms with E-state index >= 15 is 0 Å². The molecule has 1 aromatic rings. The molecular formula is C16H21NO4. The molecule has 1 unspecified atom stereocenters. The fourth-order valence-electron chi connectivity index (χ4n) is 2.43. The van der Waals surface area contributed by atoms with E-state index in [4.69, 9.17) is 9.47 Å². The van der Waals surface area contributed by atoms with E-state index < -0.39 is 0 Å². The zero-order chi connectivity index (χ0) is 15.4. The smallest absolute Gasteiger partial charge is 0.310 e. The van der Waals surface area contributed by atoms with Gasteiger partial charge in [-0.3, -0.25) is 9.59 Å². The van der Waals surface area contributed by atoms with Gasteiger partial charge in [-0.2, -0.15) is 0 Å². The summed E-state index contributed by atoms with van der Waals surface area (Å²) in [6.07, 6.45) is 0.762. The van der Waals surface area contributed by atoms with Crippen molar-refractivity contribution in [2.75, 3.05) is 20.2 Å². The molecule has 2 rings (SSSR count). The summed E-state index contributed by atoms with van der Waals surface area (Å²) in [5.41, 5.74) is 0.608. The number of methoxy groups -OCH3 is 1. The van der Waals surface area contributed by atoms with E-state index in [-0.39, 0.29) is 23.9 Å². The van der Waals surface area contributed by atoms with Crippen molar-refractivity contribution in [3.8, 4) is 5.75 Å². The summed E-state index contributed by atoms with van der Waals surface area (Å²) in [6, 6.07) is 7.10. The Morgan fingerprint density at radius 3 is 2.48 bits per heavy atom. The third-order valence-electron chi connectivity index (χ3n) is 3.48. The van der Waals surface area contributed by atoms with E-state index in [0.29, 0.717) is 25.1 Å².